The van der Waals surface area contributed by atoms with Gasteiger partial charge in [0.15, 0.2) is 0 Å². The number of nitrogens with zero attached hydrogens (tertiary/aromatic N) is 1. The summed E-state index contributed by atoms with van der Waals surface area (Å²) in [5.41, 5.74) is 2.25. The van der Waals surface area contributed by atoms with Crippen LogP contribution in [0.3, 0.4) is 0 Å². The quantitative estimate of drug-likeness (QED) is 0.886. The van der Waals surface area contributed by atoms with Crippen molar-refractivity contribution in [1.29, 1.82) is 0 Å². The lowest BCUT2D eigenvalue weighted by Crippen LogP contribution is -2.64. The van der Waals surface area contributed by atoms with Crippen LogP contribution in [-0.2, 0) is 4.79 Å². The fraction of sp³-hybridized carbons (Fsp3) is 0.562. The van der Waals surface area contributed by atoms with E-state index in [0.29, 0.717) is 12.5 Å². The molecule has 1 aromatic carbocycles. The fourth-order valence-corrected chi connectivity index (χ4v) is 2.66. The molecule has 1 atom stereocenters. The standard InChI is InChI=1S/C16H24N2O/c1-11(2)13-6-8-14(9-7-13)18-10-16(4,5)17-12(3)15(18)19/h6-9,11-12,17H,10H2,1-5H3. The van der Waals surface area contributed by atoms with Crippen molar-refractivity contribution in [3.63, 3.8) is 0 Å². The molecule has 1 saturated heterocycles. The highest BCUT2D eigenvalue weighted by Gasteiger charge is 2.36. The van der Waals surface area contributed by atoms with E-state index < -0.39 is 0 Å². The molecular formula is C16H24N2O. The van der Waals surface area contributed by atoms with Crippen LogP contribution < -0.4 is 10.2 Å². The highest BCUT2D eigenvalue weighted by Crippen LogP contribution is 2.25. The van der Waals surface area contributed by atoms with Crippen molar-refractivity contribution in [2.24, 2.45) is 0 Å². The van der Waals surface area contributed by atoms with Gasteiger partial charge in [0.25, 0.3) is 0 Å². The summed E-state index contributed by atoms with van der Waals surface area (Å²) in [5, 5.41) is 3.34. The number of benzene rings is 1. The number of amides is 1. The first-order valence-corrected chi connectivity index (χ1v) is 6.99. The number of hydrogen-bond donors (Lipinski definition) is 1. The van der Waals surface area contributed by atoms with Gasteiger partial charge in [-0.1, -0.05) is 26.0 Å². The molecule has 0 bridgehead atoms. The van der Waals surface area contributed by atoms with Crippen LogP contribution in [0.1, 0.15) is 46.1 Å². The molecule has 3 nitrogen and oxygen atoms in total. The topological polar surface area (TPSA) is 32.3 Å². The van der Waals surface area contributed by atoms with Crippen LogP contribution in [0.2, 0.25) is 0 Å². The molecule has 1 aliphatic rings. The molecule has 2 rings (SSSR count). The largest absolute Gasteiger partial charge is 0.309 e. The second kappa shape index (κ2) is 4.97. The van der Waals surface area contributed by atoms with E-state index in [1.54, 1.807) is 0 Å². The maximum Gasteiger partial charge on any atom is 0.243 e. The third kappa shape index (κ3) is 2.98. The van der Waals surface area contributed by atoms with Gasteiger partial charge in [-0.2, -0.15) is 0 Å². The Hall–Kier alpha value is -1.35. The van der Waals surface area contributed by atoms with Gasteiger partial charge in [0.2, 0.25) is 5.91 Å². The summed E-state index contributed by atoms with van der Waals surface area (Å²) in [6, 6.07) is 8.22. The van der Waals surface area contributed by atoms with Gasteiger partial charge in [-0.3, -0.25) is 10.1 Å². The van der Waals surface area contributed by atoms with Gasteiger partial charge in [0.1, 0.15) is 0 Å². The molecule has 104 valence electrons. The van der Waals surface area contributed by atoms with E-state index in [0.717, 1.165) is 5.69 Å². The highest BCUT2D eigenvalue weighted by atomic mass is 16.2. The van der Waals surface area contributed by atoms with Gasteiger partial charge >= 0.3 is 0 Å². The van der Waals surface area contributed by atoms with E-state index in [2.05, 4.69) is 57.3 Å². The zero-order chi connectivity index (χ0) is 14.2. The van der Waals surface area contributed by atoms with E-state index in [4.69, 9.17) is 0 Å². The van der Waals surface area contributed by atoms with Crippen molar-refractivity contribution in [1.82, 2.24) is 5.32 Å². The van der Waals surface area contributed by atoms with Crippen molar-refractivity contribution in [3.05, 3.63) is 29.8 Å². The first kappa shape index (κ1) is 14.1. The van der Waals surface area contributed by atoms with Gasteiger partial charge in [0, 0.05) is 17.8 Å². The highest BCUT2D eigenvalue weighted by molar-refractivity contribution is 5.98. The third-order valence-electron chi connectivity index (χ3n) is 3.67. The normalized spacial score (nSPS) is 22.9. The predicted octanol–water partition coefficient (Wildman–Crippen LogP) is 2.91. The summed E-state index contributed by atoms with van der Waals surface area (Å²) < 4.78 is 0. The summed E-state index contributed by atoms with van der Waals surface area (Å²) >= 11 is 0. The average molecular weight is 260 g/mol. The molecule has 1 fully saturated rings. The van der Waals surface area contributed by atoms with Crippen molar-refractivity contribution in [2.75, 3.05) is 11.4 Å². The lowest BCUT2D eigenvalue weighted by atomic mass is 9.97. The molecule has 0 radical (unpaired) electrons. The summed E-state index contributed by atoms with van der Waals surface area (Å²) in [7, 11) is 0. The molecule has 0 spiro atoms. The molecule has 1 aromatic rings. The van der Waals surface area contributed by atoms with E-state index in [1.165, 1.54) is 5.56 Å². The van der Waals surface area contributed by atoms with Crippen molar-refractivity contribution < 1.29 is 4.79 Å². The Morgan fingerprint density at radius 3 is 2.37 bits per heavy atom. The smallest absolute Gasteiger partial charge is 0.243 e. The van der Waals surface area contributed by atoms with Gasteiger partial charge in [-0.25, -0.2) is 0 Å². The Bertz CT molecular complexity index is 462. The number of anilines is 1. The number of nitrogens with one attached hydrogen (secondary N) is 1. The first-order chi connectivity index (χ1) is 8.80. The molecule has 1 aliphatic heterocycles. The van der Waals surface area contributed by atoms with Crippen molar-refractivity contribution in [2.45, 2.75) is 52.1 Å². The number of rotatable bonds is 2. The second-order valence-electron chi connectivity index (χ2n) is 6.42. The summed E-state index contributed by atoms with van der Waals surface area (Å²) in [6.45, 7) is 11.2. The first-order valence-electron chi connectivity index (χ1n) is 6.99. The number of carbonyl (C=O) groups is 1. The van der Waals surface area contributed by atoms with Crippen molar-refractivity contribution >= 4 is 11.6 Å². The van der Waals surface area contributed by atoms with Crippen LogP contribution in [0.15, 0.2) is 24.3 Å². The maximum atomic E-state index is 12.3. The van der Waals surface area contributed by atoms with Gasteiger partial charge < -0.3 is 4.90 Å². The predicted molar refractivity (Wildman–Crippen MR) is 79.6 cm³/mol. The lowest BCUT2D eigenvalue weighted by Gasteiger charge is -2.42. The zero-order valence-electron chi connectivity index (χ0n) is 12.5. The van der Waals surface area contributed by atoms with Gasteiger partial charge in [-0.15, -0.1) is 0 Å². The van der Waals surface area contributed by atoms with Crippen LogP contribution in [0.5, 0.6) is 0 Å². The monoisotopic (exact) mass is 260 g/mol. The van der Waals surface area contributed by atoms with Crippen LogP contribution in [0.4, 0.5) is 5.69 Å². The molecule has 0 aromatic heterocycles. The van der Waals surface area contributed by atoms with E-state index in [9.17, 15) is 4.79 Å². The summed E-state index contributed by atoms with van der Waals surface area (Å²) in [6.07, 6.45) is 0. The second-order valence-corrected chi connectivity index (χ2v) is 6.42. The minimum absolute atomic E-state index is 0.0515. The van der Waals surface area contributed by atoms with E-state index >= 15 is 0 Å². The Morgan fingerprint density at radius 1 is 1.26 bits per heavy atom. The maximum absolute atomic E-state index is 12.3. The molecule has 19 heavy (non-hydrogen) atoms. The van der Waals surface area contributed by atoms with E-state index in [-0.39, 0.29) is 17.5 Å². The number of piperazine rings is 1. The molecule has 3 heteroatoms. The fourth-order valence-electron chi connectivity index (χ4n) is 2.66. The number of carbonyl (C=O) groups excluding carboxylic acids is 1. The third-order valence-corrected chi connectivity index (χ3v) is 3.67. The van der Waals surface area contributed by atoms with Crippen LogP contribution >= 0.6 is 0 Å². The molecule has 1 N–H and O–H groups in total. The minimum Gasteiger partial charge on any atom is -0.309 e. The molecular weight excluding hydrogens is 236 g/mol. The molecule has 1 heterocycles. The Kier molecular flexibility index (Phi) is 3.68. The Labute approximate surface area is 116 Å². The van der Waals surface area contributed by atoms with Crippen LogP contribution in [0, 0.1) is 0 Å². The summed E-state index contributed by atoms with van der Waals surface area (Å²) in [5.74, 6) is 0.666. The average Bonchev–Trinajstić information content (AvgIpc) is 2.33. The van der Waals surface area contributed by atoms with Gasteiger partial charge in [-0.05, 0) is 44.4 Å². The Balaban J connectivity index is 2.26. The molecule has 0 aliphatic carbocycles. The molecule has 0 saturated carbocycles. The van der Waals surface area contributed by atoms with Crippen molar-refractivity contribution in [3.8, 4) is 0 Å². The van der Waals surface area contributed by atoms with Crippen LogP contribution in [0.25, 0.3) is 0 Å². The summed E-state index contributed by atoms with van der Waals surface area (Å²) in [4.78, 5) is 14.2. The minimum atomic E-state index is -0.131. The van der Waals surface area contributed by atoms with E-state index in [1.807, 2.05) is 11.8 Å². The lowest BCUT2D eigenvalue weighted by molar-refractivity contribution is -0.122. The molecule has 1 unspecified atom stereocenters. The SMILES string of the molecule is CC1NC(C)(C)CN(c2ccc(C(C)C)cc2)C1=O. The van der Waals surface area contributed by atoms with Crippen LogP contribution in [-0.4, -0.2) is 24.0 Å². The van der Waals surface area contributed by atoms with Gasteiger partial charge in [0.05, 0.1) is 6.04 Å². The molecule has 1 amide bonds. The number of hydrogen-bond acceptors (Lipinski definition) is 2. The Morgan fingerprint density at radius 2 is 1.84 bits per heavy atom. The zero-order valence-corrected chi connectivity index (χ0v) is 12.5.